The van der Waals surface area contributed by atoms with Crippen molar-refractivity contribution in [2.75, 3.05) is 0 Å². The van der Waals surface area contributed by atoms with E-state index in [1.807, 2.05) is 0 Å². The highest BCUT2D eigenvalue weighted by molar-refractivity contribution is 6.10. The summed E-state index contributed by atoms with van der Waals surface area (Å²) in [6, 6.07) is 1.17. The Labute approximate surface area is 130 Å². The topological polar surface area (TPSA) is 125 Å². The maximum Gasteiger partial charge on any atom is 0.347 e. The molecule has 23 heavy (non-hydrogen) atoms. The molecular formula is C16H16O7. The van der Waals surface area contributed by atoms with Gasteiger partial charge in [0.2, 0.25) is 5.75 Å². The molecule has 7 heteroatoms. The Morgan fingerprint density at radius 3 is 2.39 bits per heavy atom. The van der Waals surface area contributed by atoms with Crippen LogP contribution in [0.25, 0.3) is 11.0 Å². The number of rotatable bonds is 4. The van der Waals surface area contributed by atoms with Crippen molar-refractivity contribution >= 4 is 22.5 Å². The Bertz CT molecular complexity index is 876. The zero-order chi connectivity index (χ0) is 17.5. The standard InChI is InChI=1S/C16H16O7/c1-6(8(3)18)12(19)10-4-9-11(5-17)7(2)13(20)14(21)15(9)23-16(10)22/h4,6,17,20-21H,5H2,1-3H3/t6-/m0/s1. The molecule has 0 aliphatic carbocycles. The third-order valence-electron chi connectivity index (χ3n) is 3.95. The molecule has 3 N–H and O–H groups in total. The number of ketones is 2. The number of phenols is 2. The van der Waals surface area contributed by atoms with Gasteiger partial charge in [-0.15, -0.1) is 0 Å². The maximum absolute atomic E-state index is 12.2. The molecule has 1 aromatic heterocycles. The van der Waals surface area contributed by atoms with E-state index in [0.717, 1.165) is 0 Å². The molecule has 2 rings (SSSR count). The number of Topliss-reactive ketones (excluding diaryl/α,β-unsaturated/α-hetero) is 2. The molecule has 1 heterocycles. The number of aliphatic hydroxyl groups excluding tert-OH is 1. The van der Waals surface area contributed by atoms with Crippen LogP contribution >= 0.6 is 0 Å². The Morgan fingerprint density at radius 1 is 1.26 bits per heavy atom. The number of aliphatic hydroxyl groups is 1. The Balaban J connectivity index is 2.85. The van der Waals surface area contributed by atoms with E-state index in [2.05, 4.69) is 0 Å². The van der Waals surface area contributed by atoms with E-state index >= 15 is 0 Å². The molecule has 0 saturated carbocycles. The number of aromatic hydroxyl groups is 2. The Hall–Kier alpha value is -2.67. The Kier molecular flexibility index (Phi) is 4.24. The molecule has 122 valence electrons. The van der Waals surface area contributed by atoms with Gasteiger partial charge < -0.3 is 19.7 Å². The molecule has 7 nitrogen and oxygen atoms in total. The van der Waals surface area contributed by atoms with Gasteiger partial charge in [0.25, 0.3) is 0 Å². The van der Waals surface area contributed by atoms with Crippen molar-refractivity contribution in [1.82, 2.24) is 0 Å². The summed E-state index contributed by atoms with van der Waals surface area (Å²) in [5, 5.41) is 29.3. The SMILES string of the molecule is CC(=O)[C@H](C)C(=O)c1cc2c(CO)c(C)c(O)c(O)c2oc1=O. The van der Waals surface area contributed by atoms with Crippen LogP contribution in [0, 0.1) is 12.8 Å². The lowest BCUT2D eigenvalue weighted by molar-refractivity contribution is -0.118. The molecule has 0 saturated heterocycles. The summed E-state index contributed by atoms with van der Waals surface area (Å²) in [5.74, 6) is -3.28. The third-order valence-corrected chi connectivity index (χ3v) is 3.95. The van der Waals surface area contributed by atoms with Crippen molar-refractivity contribution in [2.24, 2.45) is 5.92 Å². The van der Waals surface area contributed by atoms with E-state index in [4.69, 9.17) is 4.42 Å². The molecule has 0 fully saturated rings. The molecule has 2 aromatic rings. The third kappa shape index (κ3) is 2.59. The second-order valence-corrected chi connectivity index (χ2v) is 5.35. The highest BCUT2D eigenvalue weighted by Crippen LogP contribution is 2.39. The van der Waals surface area contributed by atoms with E-state index in [-0.39, 0.29) is 27.7 Å². The van der Waals surface area contributed by atoms with E-state index in [1.54, 1.807) is 0 Å². The largest absolute Gasteiger partial charge is 0.504 e. The number of benzene rings is 1. The summed E-state index contributed by atoms with van der Waals surface area (Å²) >= 11 is 0. The summed E-state index contributed by atoms with van der Waals surface area (Å²) in [5.41, 5.74) is -1.29. The average Bonchev–Trinajstić information content (AvgIpc) is 2.52. The number of carbonyl (C=O) groups excluding carboxylic acids is 2. The van der Waals surface area contributed by atoms with Gasteiger partial charge in [0.15, 0.2) is 17.1 Å². The lowest BCUT2D eigenvalue weighted by Crippen LogP contribution is -2.24. The van der Waals surface area contributed by atoms with Crippen molar-refractivity contribution in [3.8, 4) is 11.5 Å². The Morgan fingerprint density at radius 2 is 1.87 bits per heavy atom. The highest BCUT2D eigenvalue weighted by atomic mass is 16.4. The minimum absolute atomic E-state index is 0.124. The number of hydrogen-bond acceptors (Lipinski definition) is 7. The number of carbonyl (C=O) groups is 2. The fourth-order valence-corrected chi connectivity index (χ4v) is 2.29. The van der Waals surface area contributed by atoms with Crippen LogP contribution < -0.4 is 5.63 Å². The molecule has 0 aliphatic heterocycles. The summed E-state index contributed by atoms with van der Waals surface area (Å²) in [6.45, 7) is 3.57. The lowest BCUT2D eigenvalue weighted by atomic mass is 9.95. The van der Waals surface area contributed by atoms with Crippen LogP contribution in [0.15, 0.2) is 15.3 Å². The van der Waals surface area contributed by atoms with Crippen molar-refractivity contribution < 1.29 is 29.3 Å². The molecule has 0 bridgehead atoms. The van der Waals surface area contributed by atoms with Crippen molar-refractivity contribution in [3.05, 3.63) is 33.2 Å². The summed E-state index contributed by atoms with van der Waals surface area (Å²) in [4.78, 5) is 35.6. The first kappa shape index (κ1) is 16.7. The summed E-state index contributed by atoms with van der Waals surface area (Å²) in [7, 11) is 0. The second-order valence-electron chi connectivity index (χ2n) is 5.35. The van der Waals surface area contributed by atoms with Gasteiger partial charge in [0.1, 0.15) is 11.3 Å². The molecule has 0 amide bonds. The quantitative estimate of drug-likeness (QED) is 0.336. The van der Waals surface area contributed by atoms with Gasteiger partial charge in [0.05, 0.1) is 12.5 Å². The van der Waals surface area contributed by atoms with Gasteiger partial charge in [-0.1, -0.05) is 0 Å². The number of phenolic OH excluding ortho intramolecular Hbond substituents is 2. The van der Waals surface area contributed by atoms with Crippen LogP contribution in [0.4, 0.5) is 0 Å². The first-order valence-electron chi connectivity index (χ1n) is 6.87. The molecule has 1 aromatic carbocycles. The molecular weight excluding hydrogens is 304 g/mol. The van der Waals surface area contributed by atoms with Gasteiger partial charge in [-0.3, -0.25) is 9.59 Å². The number of fused-ring (bicyclic) bond motifs is 1. The fraction of sp³-hybridized carbons (Fsp3) is 0.312. The second kappa shape index (κ2) is 5.85. The van der Waals surface area contributed by atoms with Gasteiger partial charge in [-0.2, -0.15) is 0 Å². The molecule has 1 atom stereocenters. The van der Waals surface area contributed by atoms with Gasteiger partial charge in [-0.25, -0.2) is 4.79 Å². The predicted molar refractivity (Wildman–Crippen MR) is 80.6 cm³/mol. The van der Waals surface area contributed by atoms with E-state index < -0.39 is 41.2 Å². The summed E-state index contributed by atoms with van der Waals surface area (Å²) < 4.78 is 4.94. The van der Waals surface area contributed by atoms with Crippen LogP contribution in [0.1, 0.15) is 35.3 Å². The minimum atomic E-state index is -1.03. The average molecular weight is 320 g/mol. The first-order chi connectivity index (χ1) is 10.7. The van der Waals surface area contributed by atoms with E-state index in [9.17, 15) is 29.7 Å². The minimum Gasteiger partial charge on any atom is -0.504 e. The van der Waals surface area contributed by atoms with Crippen LogP contribution in [0.2, 0.25) is 0 Å². The maximum atomic E-state index is 12.2. The first-order valence-corrected chi connectivity index (χ1v) is 6.87. The fourth-order valence-electron chi connectivity index (χ4n) is 2.29. The monoisotopic (exact) mass is 320 g/mol. The van der Waals surface area contributed by atoms with Gasteiger partial charge in [0, 0.05) is 10.9 Å². The van der Waals surface area contributed by atoms with E-state index in [1.165, 1.54) is 26.8 Å². The smallest absolute Gasteiger partial charge is 0.347 e. The zero-order valence-corrected chi connectivity index (χ0v) is 12.8. The van der Waals surface area contributed by atoms with Crippen molar-refractivity contribution in [2.45, 2.75) is 27.4 Å². The van der Waals surface area contributed by atoms with Crippen LogP contribution in [0.3, 0.4) is 0 Å². The molecule has 0 unspecified atom stereocenters. The van der Waals surface area contributed by atoms with Gasteiger partial charge in [-0.05, 0) is 32.4 Å². The molecule has 0 aliphatic rings. The van der Waals surface area contributed by atoms with Crippen LogP contribution in [-0.4, -0.2) is 26.9 Å². The predicted octanol–water partition coefficient (Wildman–Crippen LogP) is 1.41. The lowest BCUT2D eigenvalue weighted by Gasteiger charge is -2.13. The van der Waals surface area contributed by atoms with Gasteiger partial charge >= 0.3 is 5.63 Å². The molecule has 0 spiro atoms. The van der Waals surface area contributed by atoms with E-state index in [0.29, 0.717) is 0 Å². The summed E-state index contributed by atoms with van der Waals surface area (Å²) in [6.07, 6.45) is 0. The number of hydrogen-bond donors (Lipinski definition) is 3. The highest BCUT2D eigenvalue weighted by Gasteiger charge is 2.26. The van der Waals surface area contributed by atoms with Crippen LogP contribution in [0.5, 0.6) is 11.5 Å². The zero-order valence-electron chi connectivity index (χ0n) is 12.8. The van der Waals surface area contributed by atoms with Crippen molar-refractivity contribution in [1.29, 1.82) is 0 Å². The van der Waals surface area contributed by atoms with Crippen LogP contribution in [-0.2, 0) is 11.4 Å². The van der Waals surface area contributed by atoms with Crippen molar-refractivity contribution in [3.63, 3.8) is 0 Å². The molecule has 0 radical (unpaired) electrons. The normalized spacial score (nSPS) is 12.3.